The number of carbonyl (C=O) groups is 1. The Hall–Kier alpha value is -1.56. The first kappa shape index (κ1) is 16.5. The Morgan fingerprint density at radius 3 is 2.30 bits per heavy atom. The van der Waals surface area contributed by atoms with Crippen molar-refractivity contribution in [1.82, 2.24) is 4.31 Å². The molecule has 0 atom stereocenters. The molecule has 0 aromatic heterocycles. The number of sulfonamides is 1. The van der Waals surface area contributed by atoms with E-state index in [1.807, 2.05) is 13.8 Å². The fourth-order valence-corrected chi connectivity index (χ4v) is 3.00. The van der Waals surface area contributed by atoms with Crippen LogP contribution in [0.1, 0.15) is 32.3 Å². The van der Waals surface area contributed by atoms with Gasteiger partial charge in [-0.05, 0) is 32.4 Å². The number of unbranched alkanes of at least 4 members (excludes halogenated alkanes) is 1. The molecule has 6 heteroatoms. The van der Waals surface area contributed by atoms with Crippen LogP contribution in [0.15, 0.2) is 29.2 Å². The molecule has 0 aliphatic heterocycles. The fraction of sp³-hybridized carbons (Fsp3) is 0.500. The SMILES string of the molecule is CCCCN(C(=O)OCC)S(=O)(=O)c1ccc(C)cc1. The highest BCUT2D eigenvalue weighted by atomic mass is 32.2. The second-order valence-electron chi connectivity index (χ2n) is 4.44. The predicted molar refractivity (Wildman–Crippen MR) is 77.0 cm³/mol. The van der Waals surface area contributed by atoms with Gasteiger partial charge in [-0.3, -0.25) is 0 Å². The maximum atomic E-state index is 12.5. The van der Waals surface area contributed by atoms with Crippen molar-refractivity contribution in [3.05, 3.63) is 29.8 Å². The molecule has 0 fully saturated rings. The van der Waals surface area contributed by atoms with Gasteiger partial charge in [0.25, 0.3) is 10.0 Å². The minimum absolute atomic E-state index is 0.104. The van der Waals surface area contributed by atoms with Gasteiger partial charge in [-0.25, -0.2) is 17.5 Å². The summed E-state index contributed by atoms with van der Waals surface area (Å²) in [5.41, 5.74) is 0.959. The van der Waals surface area contributed by atoms with Crippen LogP contribution < -0.4 is 0 Å². The van der Waals surface area contributed by atoms with Gasteiger partial charge >= 0.3 is 6.09 Å². The Kier molecular flexibility index (Phi) is 6.01. The largest absolute Gasteiger partial charge is 0.449 e. The van der Waals surface area contributed by atoms with E-state index in [1.165, 1.54) is 12.1 Å². The van der Waals surface area contributed by atoms with E-state index in [1.54, 1.807) is 19.1 Å². The van der Waals surface area contributed by atoms with Crippen LogP contribution in [0.5, 0.6) is 0 Å². The van der Waals surface area contributed by atoms with E-state index in [2.05, 4.69) is 0 Å². The lowest BCUT2D eigenvalue weighted by molar-refractivity contribution is 0.130. The lowest BCUT2D eigenvalue weighted by Crippen LogP contribution is -2.38. The topological polar surface area (TPSA) is 63.7 Å². The summed E-state index contributed by atoms with van der Waals surface area (Å²) in [4.78, 5) is 12.0. The van der Waals surface area contributed by atoms with Gasteiger partial charge in [0, 0.05) is 6.54 Å². The van der Waals surface area contributed by atoms with Crippen LogP contribution in [-0.2, 0) is 14.8 Å². The van der Waals surface area contributed by atoms with Gasteiger partial charge in [0.15, 0.2) is 0 Å². The number of benzene rings is 1. The number of ether oxygens (including phenoxy) is 1. The third kappa shape index (κ3) is 3.96. The number of carbonyl (C=O) groups excluding carboxylic acids is 1. The third-order valence-corrected chi connectivity index (χ3v) is 4.57. The van der Waals surface area contributed by atoms with Crippen molar-refractivity contribution < 1.29 is 17.9 Å². The van der Waals surface area contributed by atoms with Crippen LogP contribution in [0.2, 0.25) is 0 Å². The molecule has 1 amide bonds. The maximum Gasteiger partial charge on any atom is 0.423 e. The molecular formula is C14H21NO4S. The predicted octanol–water partition coefficient (Wildman–Crippen LogP) is 2.94. The summed E-state index contributed by atoms with van der Waals surface area (Å²) in [5.74, 6) is 0. The van der Waals surface area contributed by atoms with Crippen molar-refractivity contribution in [3.8, 4) is 0 Å². The normalized spacial score (nSPS) is 11.2. The van der Waals surface area contributed by atoms with E-state index < -0.39 is 16.1 Å². The van der Waals surface area contributed by atoms with Crippen LogP contribution in [0, 0.1) is 6.92 Å². The average molecular weight is 299 g/mol. The molecule has 0 aliphatic rings. The van der Waals surface area contributed by atoms with Crippen molar-refractivity contribution >= 4 is 16.1 Å². The number of hydrogen-bond acceptors (Lipinski definition) is 4. The van der Waals surface area contributed by atoms with Crippen molar-refractivity contribution in [2.45, 2.75) is 38.5 Å². The van der Waals surface area contributed by atoms with E-state index in [4.69, 9.17) is 4.74 Å². The Morgan fingerprint density at radius 2 is 1.80 bits per heavy atom. The number of nitrogens with zero attached hydrogens (tertiary/aromatic N) is 1. The molecule has 0 spiro atoms. The van der Waals surface area contributed by atoms with Crippen LogP contribution >= 0.6 is 0 Å². The van der Waals surface area contributed by atoms with Crippen LogP contribution in [0.3, 0.4) is 0 Å². The number of hydrogen-bond donors (Lipinski definition) is 0. The summed E-state index contributed by atoms with van der Waals surface area (Å²) >= 11 is 0. The molecule has 5 nitrogen and oxygen atoms in total. The van der Waals surface area contributed by atoms with Gasteiger partial charge < -0.3 is 4.74 Å². The quantitative estimate of drug-likeness (QED) is 0.810. The Balaban J connectivity index is 3.09. The van der Waals surface area contributed by atoms with Crippen LogP contribution in [-0.4, -0.2) is 32.0 Å². The standard InChI is InChI=1S/C14H21NO4S/c1-4-6-11-15(14(16)19-5-2)20(17,18)13-9-7-12(3)8-10-13/h7-10H,4-6,11H2,1-3H3. The minimum Gasteiger partial charge on any atom is -0.449 e. The highest BCUT2D eigenvalue weighted by Crippen LogP contribution is 2.18. The van der Waals surface area contributed by atoms with Crippen molar-refractivity contribution in [1.29, 1.82) is 0 Å². The third-order valence-electron chi connectivity index (χ3n) is 2.80. The summed E-state index contributed by atoms with van der Waals surface area (Å²) < 4.78 is 30.6. The zero-order valence-electron chi connectivity index (χ0n) is 12.1. The van der Waals surface area contributed by atoms with Crippen molar-refractivity contribution in [3.63, 3.8) is 0 Å². The maximum absolute atomic E-state index is 12.5. The molecule has 1 rings (SSSR count). The van der Waals surface area contributed by atoms with Gasteiger partial charge in [0.2, 0.25) is 0 Å². The van der Waals surface area contributed by atoms with Gasteiger partial charge in [-0.1, -0.05) is 31.0 Å². The second kappa shape index (κ2) is 7.28. The summed E-state index contributed by atoms with van der Waals surface area (Å²) in [6, 6.07) is 6.41. The molecule has 0 bridgehead atoms. The molecule has 0 N–H and O–H groups in total. The number of amides is 1. The van der Waals surface area contributed by atoms with E-state index in [-0.39, 0.29) is 18.0 Å². The molecule has 0 saturated heterocycles. The zero-order chi connectivity index (χ0) is 15.2. The van der Waals surface area contributed by atoms with Gasteiger partial charge in [0.05, 0.1) is 11.5 Å². The summed E-state index contributed by atoms with van der Waals surface area (Å²) in [7, 11) is -3.85. The van der Waals surface area contributed by atoms with E-state index in [0.29, 0.717) is 6.42 Å². The van der Waals surface area contributed by atoms with Gasteiger partial charge in [0.1, 0.15) is 0 Å². The number of aryl methyl sites for hydroxylation is 1. The summed E-state index contributed by atoms with van der Waals surface area (Å²) in [5, 5.41) is 0. The molecule has 0 heterocycles. The highest BCUT2D eigenvalue weighted by molar-refractivity contribution is 7.89. The average Bonchev–Trinajstić information content (AvgIpc) is 2.39. The molecule has 0 saturated carbocycles. The molecule has 112 valence electrons. The smallest absolute Gasteiger partial charge is 0.423 e. The monoisotopic (exact) mass is 299 g/mol. The first-order chi connectivity index (χ1) is 9.43. The molecular weight excluding hydrogens is 278 g/mol. The molecule has 0 radical (unpaired) electrons. The molecule has 0 aliphatic carbocycles. The van der Waals surface area contributed by atoms with Crippen LogP contribution in [0.25, 0.3) is 0 Å². The van der Waals surface area contributed by atoms with E-state index in [0.717, 1.165) is 16.3 Å². The second-order valence-corrected chi connectivity index (χ2v) is 6.31. The highest BCUT2D eigenvalue weighted by Gasteiger charge is 2.29. The lowest BCUT2D eigenvalue weighted by atomic mass is 10.2. The Bertz CT molecular complexity index is 537. The Labute approximate surface area is 120 Å². The summed E-state index contributed by atoms with van der Waals surface area (Å²) in [6.45, 7) is 5.73. The van der Waals surface area contributed by atoms with Crippen molar-refractivity contribution in [2.24, 2.45) is 0 Å². The lowest BCUT2D eigenvalue weighted by Gasteiger charge is -2.21. The van der Waals surface area contributed by atoms with Crippen molar-refractivity contribution in [2.75, 3.05) is 13.2 Å². The van der Waals surface area contributed by atoms with E-state index >= 15 is 0 Å². The van der Waals surface area contributed by atoms with Crippen LogP contribution in [0.4, 0.5) is 4.79 Å². The first-order valence-electron chi connectivity index (χ1n) is 6.69. The molecule has 1 aromatic carbocycles. The number of rotatable bonds is 6. The fourth-order valence-electron chi connectivity index (χ4n) is 1.64. The van der Waals surface area contributed by atoms with E-state index in [9.17, 15) is 13.2 Å². The molecule has 0 unspecified atom stereocenters. The molecule has 1 aromatic rings. The van der Waals surface area contributed by atoms with Gasteiger partial charge in [-0.2, -0.15) is 0 Å². The zero-order valence-corrected chi connectivity index (χ0v) is 12.9. The Morgan fingerprint density at radius 1 is 1.20 bits per heavy atom. The summed E-state index contributed by atoms with van der Waals surface area (Å²) in [6.07, 6.45) is 0.574. The molecule has 20 heavy (non-hydrogen) atoms. The van der Waals surface area contributed by atoms with Gasteiger partial charge in [-0.15, -0.1) is 0 Å². The first-order valence-corrected chi connectivity index (χ1v) is 8.13. The minimum atomic E-state index is -3.85.